The molecule has 4 nitrogen and oxygen atoms in total. The number of hydrogen-bond donors (Lipinski definition) is 1. The molecule has 1 unspecified atom stereocenters. The molecule has 1 atom stereocenters. The molecule has 0 bridgehead atoms. The average molecular weight is 301 g/mol. The van der Waals surface area contributed by atoms with Gasteiger partial charge in [-0.25, -0.2) is 9.37 Å². The van der Waals surface area contributed by atoms with Crippen molar-refractivity contribution in [1.82, 2.24) is 15.2 Å². The van der Waals surface area contributed by atoms with E-state index in [4.69, 9.17) is 4.42 Å². The molecule has 1 aromatic carbocycles. The van der Waals surface area contributed by atoms with Crippen LogP contribution in [0, 0.1) is 11.2 Å². The van der Waals surface area contributed by atoms with E-state index in [2.05, 4.69) is 15.2 Å². The molecule has 2 aliphatic rings. The lowest BCUT2D eigenvalue weighted by molar-refractivity contribution is 0.266. The molecular weight excluding hydrogens is 281 g/mol. The van der Waals surface area contributed by atoms with E-state index in [0.29, 0.717) is 16.9 Å². The van der Waals surface area contributed by atoms with Crippen LogP contribution in [0.3, 0.4) is 0 Å². The molecule has 0 amide bonds. The summed E-state index contributed by atoms with van der Waals surface area (Å²) in [7, 11) is 0. The highest BCUT2D eigenvalue weighted by Gasteiger charge is 2.40. The molecule has 2 fully saturated rings. The predicted molar refractivity (Wildman–Crippen MR) is 81.7 cm³/mol. The van der Waals surface area contributed by atoms with Crippen molar-refractivity contribution in [3.8, 4) is 11.5 Å². The minimum absolute atomic E-state index is 0.271. The fourth-order valence-corrected chi connectivity index (χ4v) is 3.67. The van der Waals surface area contributed by atoms with E-state index in [1.807, 2.05) is 6.07 Å². The van der Waals surface area contributed by atoms with Crippen LogP contribution in [0.25, 0.3) is 11.5 Å². The third-order valence-corrected chi connectivity index (χ3v) is 4.86. The summed E-state index contributed by atoms with van der Waals surface area (Å²) in [5.74, 6) is 0.221. The van der Waals surface area contributed by atoms with Crippen LogP contribution in [0.15, 0.2) is 34.9 Å². The van der Waals surface area contributed by atoms with Crippen LogP contribution in [0.5, 0.6) is 0 Å². The van der Waals surface area contributed by atoms with Gasteiger partial charge in [-0.05, 0) is 49.5 Å². The Morgan fingerprint density at radius 2 is 2.32 bits per heavy atom. The van der Waals surface area contributed by atoms with Crippen molar-refractivity contribution in [2.24, 2.45) is 5.41 Å². The second-order valence-corrected chi connectivity index (χ2v) is 6.54. The van der Waals surface area contributed by atoms with E-state index in [1.54, 1.807) is 12.3 Å². The standard InChI is InChI=1S/C17H20FN3O/c18-14-3-1-2-13(8-14)16-20-15(10-22-16)9-21-7-5-17(12-21)4-6-19-11-17/h1-3,8,10,19H,4-7,9,11-12H2. The molecule has 4 rings (SSSR count). The van der Waals surface area contributed by atoms with Gasteiger partial charge in [0.2, 0.25) is 5.89 Å². The maximum Gasteiger partial charge on any atom is 0.226 e. The zero-order valence-electron chi connectivity index (χ0n) is 12.5. The van der Waals surface area contributed by atoms with Gasteiger partial charge in [-0.2, -0.15) is 0 Å². The smallest absolute Gasteiger partial charge is 0.226 e. The Balaban J connectivity index is 1.44. The average Bonchev–Trinajstić information content (AvgIpc) is 3.23. The van der Waals surface area contributed by atoms with Crippen LogP contribution in [0.4, 0.5) is 4.39 Å². The first-order chi connectivity index (χ1) is 10.7. The van der Waals surface area contributed by atoms with Gasteiger partial charge in [0.1, 0.15) is 12.1 Å². The van der Waals surface area contributed by atoms with Gasteiger partial charge in [-0.3, -0.25) is 4.90 Å². The van der Waals surface area contributed by atoms with Gasteiger partial charge in [0.25, 0.3) is 0 Å². The largest absolute Gasteiger partial charge is 0.444 e. The van der Waals surface area contributed by atoms with Gasteiger partial charge in [-0.1, -0.05) is 6.07 Å². The predicted octanol–water partition coefficient (Wildman–Crippen LogP) is 2.67. The van der Waals surface area contributed by atoms with E-state index in [0.717, 1.165) is 38.4 Å². The van der Waals surface area contributed by atoms with Crippen LogP contribution < -0.4 is 5.32 Å². The summed E-state index contributed by atoms with van der Waals surface area (Å²) in [5, 5.41) is 3.47. The van der Waals surface area contributed by atoms with E-state index < -0.39 is 0 Å². The van der Waals surface area contributed by atoms with Crippen LogP contribution in [-0.4, -0.2) is 36.1 Å². The highest BCUT2D eigenvalue weighted by molar-refractivity contribution is 5.52. The molecule has 1 N–H and O–H groups in total. The quantitative estimate of drug-likeness (QED) is 0.946. The summed E-state index contributed by atoms with van der Waals surface area (Å²) in [5.41, 5.74) is 2.07. The second kappa shape index (κ2) is 5.48. The third-order valence-electron chi connectivity index (χ3n) is 4.86. The molecule has 2 aliphatic heterocycles. The number of aromatic nitrogens is 1. The first-order valence-electron chi connectivity index (χ1n) is 7.86. The highest BCUT2D eigenvalue weighted by Crippen LogP contribution is 2.36. The zero-order chi connectivity index (χ0) is 15.0. The van der Waals surface area contributed by atoms with Gasteiger partial charge < -0.3 is 9.73 Å². The van der Waals surface area contributed by atoms with Gasteiger partial charge in [0.15, 0.2) is 0 Å². The Labute approximate surface area is 129 Å². The summed E-state index contributed by atoms with van der Waals surface area (Å²) in [6.07, 6.45) is 4.23. The minimum Gasteiger partial charge on any atom is -0.444 e. The molecule has 116 valence electrons. The normalized spacial score (nSPS) is 25.3. The Morgan fingerprint density at radius 3 is 3.14 bits per heavy atom. The van der Waals surface area contributed by atoms with Crippen LogP contribution in [0.2, 0.25) is 0 Å². The maximum absolute atomic E-state index is 13.3. The Bertz CT molecular complexity index is 663. The van der Waals surface area contributed by atoms with Crippen molar-refractivity contribution in [1.29, 1.82) is 0 Å². The molecule has 1 spiro atoms. The lowest BCUT2D eigenvalue weighted by atomic mass is 9.87. The fourth-order valence-electron chi connectivity index (χ4n) is 3.67. The van der Waals surface area contributed by atoms with Crippen molar-refractivity contribution < 1.29 is 8.81 Å². The summed E-state index contributed by atoms with van der Waals surface area (Å²) in [6.45, 7) is 5.32. The SMILES string of the molecule is Fc1cccc(-c2nc(CN3CCC4(CCNC4)C3)co2)c1. The van der Waals surface area contributed by atoms with E-state index >= 15 is 0 Å². The zero-order valence-corrected chi connectivity index (χ0v) is 12.5. The molecule has 0 aliphatic carbocycles. The van der Waals surface area contributed by atoms with Crippen molar-refractivity contribution in [2.45, 2.75) is 19.4 Å². The summed E-state index contributed by atoms with van der Waals surface area (Å²) in [6, 6.07) is 6.36. The molecule has 5 heteroatoms. The molecule has 0 radical (unpaired) electrons. The summed E-state index contributed by atoms with van der Waals surface area (Å²) >= 11 is 0. The number of nitrogens with zero attached hydrogens (tertiary/aromatic N) is 2. The Hall–Kier alpha value is -1.72. The Kier molecular flexibility index (Phi) is 3.47. The van der Waals surface area contributed by atoms with Crippen molar-refractivity contribution in [3.05, 3.63) is 42.0 Å². The van der Waals surface area contributed by atoms with Crippen LogP contribution in [-0.2, 0) is 6.54 Å². The summed E-state index contributed by atoms with van der Waals surface area (Å²) < 4.78 is 18.8. The van der Waals surface area contributed by atoms with E-state index in [-0.39, 0.29) is 5.82 Å². The molecule has 0 saturated carbocycles. The Morgan fingerprint density at radius 1 is 1.36 bits per heavy atom. The number of likely N-dealkylation sites (tertiary alicyclic amines) is 1. The van der Waals surface area contributed by atoms with Crippen molar-refractivity contribution in [3.63, 3.8) is 0 Å². The summed E-state index contributed by atoms with van der Waals surface area (Å²) in [4.78, 5) is 6.95. The fraction of sp³-hybridized carbons (Fsp3) is 0.471. The first kappa shape index (κ1) is 13.9. The monoisotopic (exact) mass is 301 g/mol. The van der Waals surface area contributed by atoms with Gasteiger partial charge in [0, 0.05) is 25.2 Å². The number of oxazole rings is 1. The number of nitrogens with one attached hydrogen (secondary N) is 1. The molecule has 2 aromatic rings. The maximum atomic E-state index is 13.3. The topological polar surface area (TPSA) is 41.3 Å². The van der Waals surface area contributed by atoms with Gasteiger partial charge in [0.05, 0.1) is 5.69 Å². The third kappa shape index (κ3) is 2.66. The number of rotatable bonds is 3. The minimum atomic E-state index is -0.271. The van der Waals surface area contributed by atoms with E-state index in [1.165, 1.54) is 25.0 Å². The van der Waals surface area contributed by atoms with Crippen LogP contribution in [0.1, 0.15) is 18.5 Å². The number of hydrogen-bond acceptors (Lipinski definition) is 4. The second-order valence-electron chi connectivity index (χ2n) is 6.54. The first-order valence-corrected chi connectivity index (χ1v) is 7.86. The van der Waals surface area contributed by atoms with Gasteiger partial charge in [-0.15, -0.1) is 0 Å². The molecule has 22 heavy (non-hydrogen) atoms. The number of benzene rings is 1. The van der Waals surface area contributed by atoms with Crippen molar-refractivity contribution >= 4 is 0 Å². The molecular formula is C17H20FN3O. The van der Waals surface area contributed by atoms with Crippen molar-refractivity contribution in [2.75, 3.05) is 26.2 Å². The van der Waals surface area contributed by atoms with Crippen LogP contribution >= 0.6 is 0 Å². The van der Waals surface area contributed by atoms with Gasteiger partial charge >= 0.3 is 0 Å². The molecule has 3 heterocycles. The molecule has 2 saturated heterocycles. The number of halogens is 1. The lowest BCUT2D eigenvalue weighted by Gasteiger charge is -2.22. The lowest BCUT2D eigenvalue weighted by Crippen LogP contribution is -2.29. The van der Waals surface area contributed by atoms with E-state index in [9.17, 15) is 4.39 Å². The highest BCUT2D eigenvalue weighted by atomic mass is 19.1. The molecule has 1 aromatic heterocycles.